The Kier molecular flexibility index (Phi) is 5.00. The van der Waals surface area contributed by atoms with E-state index < -0.39 is 10.0 Å². The van der Waals surface area contributed by atoms with Crippen LogP contribution < -0.4 is 10.5 Å². The number of benzene rings is 1. The van der Waals surface area contributed by atoms with E-state index in [0.29, 0.717) is 5.02 Å². The van der Waals surface area contributed by atoms with Crippen molar-refractivity contribution in [3.8, 4) is 0 Å². The Hall–Kier alpha value is -1.41. The SMILES string of the molecule is NS(=O)(=O)c1ccc(CNC(=O)Cc2cccc(Cl)c2)s1. The van der Waals surface area contributed by atoms with Gasteiger partial charge < -0.3 is 5.32 Å². The summed E-state index contributed by atoms with van der Waals surface area (Å²) >= 11 is 6.89. The Morgan fingerprint density at radius 2 is 2.05 bits per heavy atom. The number of hydrogen-bond donors (Lipinski definition) is 2. The summed E-state index contributed by atoms with van der Waals surface area (Å²) in [4.78, 5) is 12.5. The summed E-state index contributed by atoms with van der Waals surface area (Å²) < 4.78 is 22.4. The molecule has 0 fully saturated rings. The van der Waals surface area contributed by atoms with Crippen molar-refractivity contribution < 1.29 is 13.2 Å². The third kappa shape index (κ3) is 4.82. The Morgan fingerprint density at radius 3 is 2.67 bits per heavy atom. The number of primary sulfonamides is 1. The molecule has 2 rings (SSSR count). The fourth-order valence-corrected chi connectivity index (χ4v) is 3.62. The molecule has 1 heterocycles. The number of thiophene rings is 1. The van der Waals surface area contributed by atoms with Gasteiger partial charge in [-0.2, -0.15) is 0 Å². The Morgan fingerprint density at radius 1 is 1.29 bits per heavy atom. The standard InChI is InChI=1S/C13H13ClN2O3S2/c14-10-3-1-2-9(6-10)7-12(17)16-8-11-4-5-13(20-11)21(15,18)19/h1-6H,7-8H2,(H,16,17)(H2,15,18,19). The number of nitrogens with one attached hydrogen (secondary N) is 1. The summed E-state index contributed by atoms with van der Waals surface area (Å²) in [7, 11) is -3.68. The van der Waals surface area contributed by atoms with E-state index in [1.807, 2.05) is 6.07 Å². The van der Waals surface area contributed by atoms with Crippen LogP contribution in [0.4, 0.5) is 0 Å². The predicted octanol–water partition coefficient (Wildman–Crippen LogP) is 1.91. The highest BCUT2D eigenvalue weighted by Gasteiger charge is 2.11. The number of carbonyl (C=O) groups is 1. The van der Waals surface area contributed by atoms with Gasteiger partial charge in [-0.05, 0) is 29.8 Å². The largest absolute Gasteiger partial charge is 0.351 e. The first-order valence-electron chi connectivity index (χ1n) is 5.97. The molecule has 112 valence electrons. The van der Waals surface area contributed by atoms with Crippen LogP contribution in [0.3, 0.4) is 0 Å². The summed E-state index contributed by atoms with van der Waals surface area (Å²) in [5.74, 6) is -0.164. The number of nitrogens with two attached hydrogens (primary N) is 1. The second kappa shape index (κ2) is 6.57. The summed E-state index contributed by atoms with van der Waals surface area (Å²) in [6, 6.07) is 10.1. The highest BCUT2D eigenvalue weighted by molar-refractivity contribution is 7.91. The average Bonchev–Trinajstić information content (AvgIpc) is 2.85. The molecule has 0 bridgehead atoms. The van der Waals surface area contributed by atoms with E-state index in [2.05, 4.69) is 5.32 Å². The lowest BCUT2D eigenvalue weighted by atomic mass is 10.1. The molecule has 5 nitrogen and oxygen atoms in total. The average molecular weight is 345 g/mol. The molecule has 1 aromatic carbocycles. The first-order valence-corrected chi connectivity index (χ1v) is 8.71. The third-order valence-electron chi connectivity index (χ3n) is 2.63. The molecule has 0 saturated heterocycles. The molecule has 2 aromatic rings. The van der Waals surface area contributed by atoms with Crippen molar-refractivity contribution in [2.75, 3.05) is 0 Å². The molecule has 0 aliphatic rings. The van der Waals surface area contributed by atoms with E-state index in [-0.39, 0.29) is 23.1 Å². The third-order valence-corrected chi connectivity index (χ3v) is 5.39. The molecule has 0 saturated carbocycles. The summed E-state index contributed by atoms with van der Waals surface area (Å²) in [5, 5.41) is 8.33. The van der Waals surface area contributed by atoms with Crippen molar-refractivity contribution in [3.63, 3.8) is 0 Å². The monoisotopic (exact) mass is 344 g/mol. The highest BCUT2D eigenvalue weighted by atomic mass is 35.5. The molecule has 0 aliphatic heterocycles. The van der Waals surface area contributed by atoms with Gasteiger partial charge in [-0.25, -0.2) is 13.6 Å². The second-order valence-electron chi connectivity index (χ2n) is 4.35. The van der Waals surface area contributed by atoms with Crippen molar-refractivity contribution in [1.29, 1.82) is 0 Å². The maximum Gasteiger partial charge on any atom is 0.247 e. The molecule has 1 aromatic heterocycles. The van der Waals surface area contributed by atoms with Gasteiger partial charge in [-0.3, -0.25) is 4.79 Å². The summed E-state index contributed by atoms with van der Waals surface area (Å²) in [6.45, 7) is 0.263. The first kappa shape index (κ1) is 16.0. The van der Waals surface area contributed by atoms with Gasteiger partial charge in [-0.1, -0.05) is 23.7 Å². The zero-order valence-electron chi connectivity index (χ0n) is 10.9. The van der Waals surface area contributed by atoms with Gasteiger partial charge in [0.1, 0.15) is 4.21 Å². The Bertz CT molecular complexity index is 756. The van der Waals surface area contributed by atoms with Crippen molar-refractivity contribution in [1.82, 2.24) is 5.32 Å². The van der Waals surface area contributed by atoms with Crippen LogP contribution in [0.2, 0.25) is 5.02 Å². The maximum absolute atomic E-state index is 11.8. The smallest absolute Gasteiger partial charge is 0.247 e. The Balaban J connectivity index is 1.91. The minimum Gasteiger partial charge on any atom is -0.351 e. The highest BCUT2D eigenvalue weighted by Crippen LogP contribution is 2.20. The van der Waals surface area contributed by atoms with Crippen molar-refractivity contribution in [2.24, 2.45) is 5.14 Å². The van der Waals surface area contributed by atoms with E-state index in [9.17, 15) is 13.2 Å². The zero-order chi connectivity index (χ0) is 15.5. The van der Waals surface area contributed by atoms with Crippen molar-refractivity contribution >= 4 is 38.9 Å². The number of halogens is 1. The Labute approximate surface area is 131 Å². The molecule has 0 unspecified atom stereocenters. The van der Waals surface area contributed by atoms with Crippen molar-refractivity contribution in [3.05, 3.63) is 51.9 Å². The van der Waals surface area contributed by atoms with Crippen LogP contribution in [-0.4, -0.2) is 14.3 Å². The van der Waals surface area contributed by atoms with Gasteiger partial charge in [0.15, 0.2) is 0 Å². The van der Waals surface area contributed by atoms with E-state index >= 15 is 0 Å². The molecular weight excluding hydrogens is 332 g/mol. The summed E-state index contributed by atoms with van der Waals surface area (Å²) in [6.07, 6.45) is 0.216. The van der Waals surface area contributed by atoms with Crippen LogP contribution >= 0.6 is 22.9 Å². The minimum absolute atomic E-state index is 0.0848. The lowest BCUT2D eigenvalue weighted by Gasteiger charge is -2.04. The van der Waals surface area contributed by atoms with Crippen LogP contribution in [0.5, 0.6) is 0 Å². The van der Waals surface area contributed by atoms with Crippen LogP contribution in [-0.2, 0) is 27.8 Å². The topological polar surface area (TPSA) is 89.3 Å². The fourth-order valence-electron chi connectivity index (χ4n) is 1.69. The van der Waals surface area contributed by atoms with Gasteiger partial charge in [0.05, 0.1) is 13.0 Å². The molecular formula is C13H13ClN2O3S2. The lowest BCUT2D eigenvalue weighted by molar-refractivity contribution is -0.120. The second-order valence-corrected chi connectivity index (χ2v) is 7.74. The maximum atomic E-state index is 11.8. The van der Waals surface area contributed by atoms with Crippen LogP contribution in [0.15, 0.2) is 40.6 Å². The molecule has 21 heavy (non-hydrogen) atoms. The molecule has 0 radical (unpaired) electrons. The molecule has 1 amide bonds. The van der Waals surface area contributed by atoms with E-state index in [4.69, 9.17) is 16.7 Å². The minimum atomic E-state index is -3.68. The zero-order valence-corrected chi connectivity index (χ0v) is 13.3. The van der Waals surface area contributed by atoms with Gasteiger partial charge in [0, 0.05) is 9.90 Å². The van der Waals surface area contributed by atoms with Crippen LogP contribution in [0.25, 0.3) is 0 Å². The first-order chi connectivity index (χ1) is 9.84. The number of hydrogen-bond acceptors (Lipinski definition) is 4. The normalized spacial score (nSPS) is 11.3. The molecule has 0 spiro atoms. The van der Waals surface area contributed by atoms with E-state index in [1.54, 1.807) is 24.3 Å². The van der Waals surface area contributed by atoms with Crippen LogP contribution in [0, 0.1) is 0 Å². The number of amides is 1. The molecule has 3 N–H and O–H groups in total. The molecule has 8 heteroatoms. The van der Waals surface area contributed by atoms with Gasteiger partial charge in [-0.15, -0.1) is 11.3 Å². The molecule has 0 atom stereocenters. The van der Waals surface area contributed by atoms with Gasteiger partial charge in [0.2, 0.25) is 15.9 Å². The lowest BCUT2D eigenvalue weighted by Crippen LogP contribution is -2.24. The van der Waals surface area contributed by atoms with Gasteiger partial charge in [0.25, 0.3) is 0 Å². The quantitative estimate of drug-likeness (QED) is 0.868. The molecule has 0 aliphatic carbocycles. The number of sulfonamides is 1. The number of carbonyl (C=O) groups excluding carboxylic acids is 1. The van der Waals surface area contributed by atoms with E-state index in [0.717, 1.165) is 21.8 Å². The number of rotatable bonds is 5. The van der Waals surface area contributed by atoms with Gasteiger partial charge >= 0.3 is 0 Å². The van der Waals surface area contributed by atoms with E-state index in [1.165, 1.54) is 6.07 Å². The fraction of sp³-hybridized carbons (Fsp3) is 0.154. The van der Waals surface area contributed by atoms with Crippen molar-refractivity contribution in [2.45, 2.75) is 17.2 Å². The van der Waals surface area contributed by atoms with Crippen LogP contribution in [0.1, 0.15) is 10.4 Å². The predicted molar refractivity (Wildman–Crippen MR) is 82.7 cm³/mol. The summed E-state index contributed by atoms with van der Waals surface area (Å²) in [5.41, 5.74) is 0.816.